The molecule has 0 unspecified atom stereocenters. The number of carbonyl (C=O) groups is 2. The van der Waals surface area contributed by atoms with Gasteiger partial charge >= 0.3 is 5.97 Å². The number of nitrogen functional groups attached to an aromatic ring is 1. The highest BCUT2D eigenvalue weighted by Gasteiger charge is 2.26. The van der Waals surface area contributed by atoms with Crippen molar-refractivity contribution in [2.45, 2.75) is 11.3 Å². The van der Waals surface area contributed by atoms with Crippen molar-refractivity contribution in [3.8, 4) is 11.1 Å². The molecule has 3 rings (SSSR count). The van der Waals surface area contributed by atoms with Gasteiger partial charge in [0.15, 0.2) is 0 Å². The minimum atomic E-state index is -4.35. The molecule has 0 aliphatic carbocycles. The van der Waals surface area contributed by atoms with E-state index >= 15 is 0 Å². The molecule has 0 bridgehead atoms. The highest BCUT2D eigenvalue weighted by molar-refractivity contribution is 7.89. The van der Waals surface area contributed by atoms with E-state index in [0.717, 1.165) is 0 Å². The van der Waals surface area contributed by atoms with Gasteiger partial charge in [-0.2, -0.15) is 0 Å². The fourth-order valence-electron chi connectivity index (χ4n) is 3.34. The number of sulfonamides is 1. The average molecular weight is 452 g/mol. The van der Waals surface area contributed by atoms with Crippen molar-refractivity contribution >= 4 is 39.7 Å². The molecule has 0 atom stereocenters. The number of carboxylic acid groups (broad SMARTS) is 1. The lowest BCUT2D eigenvalue weighted by atomic mass is 9.96. The van der Waals surface area contributed by atoms with E-state index in [1.165, 1.54) is 12.1 Å². The predicted octanol–water partition coefficient (Wildman–Crippen LogP) is 2.48. The smallest absolute Gasteiger partial charge is 0.307 e. The molecule has 32 heavy (non-hydrogen) atoms. The summed E-state index contributed by atoms with van der Waals surface area (Å²) in [7, 11) is -4.35. The van der Waals surface area contributed by atoms with E-state index in [1.807, 2.05) is 6.07 Å². The molecule has 0 fully saturated rings. The van der Waals surface area contributed by atoms with Crippen molar-refractivity contribution in [1.82, 2.24) is 0 Å². The maximum Gasteiger partial charge on any atom is 0.307 e. The lowest BCUT2D eigenvalue weighted by Crippen LogP contribution is -2.23. The molecule has 1 amide bonds. The van der Waals surface area contributed by atoms with Crippen LogP contribution in [0.5, 0.6) is 0 Å². The second-order valence-electron chi connectivity index (χ2n) is 7.05. The molecule has 7 N–H and O–H groups in total. The van der Waals surface area contributed by atoms with Crippen molar-refractivity contribution in [3.05, 3.63) is 82.9 Å². The van der Waals surface area contributed by atoms with Crippen LogP contribution in [0.1, 0.15) is 27.0 Å². The van der Waals surface area contributed by atoms with E-state index in [2.05, 4.69) is 0 Å². The number of hydrogen-bond donors (Lipinski definition) is 4. The standard InChI is InChI=1S/C23H21N3O5S/c24-21-18(16-4-2-1-3-5-16)13-17(22(32(26,30)31)20(21)23(25)29)11-10-14-6-8-15(9-7-14)12-19(27)28/h1-11,13H,12,24H2,(H2,25,29)(H,27,28)(H2,26,30,31). The Hall–Kier alpha value is -3.95. The van der Waals surface area contributed by atoms with Crippen LogP contribution >= 0.6 is 0 Å². The number of rotatable bonds is 7. The number of primary sulfonamides is 1. The Labute approximate surface area is 185 Å². The number of benzene rings is 3. The summed E-state index contributed by atoms with van der Waals surface area (Å²) < 4.78 is 24.7. The fraction of sp³-hybridized carbons (Fsp3) is 0.0435. The molecule has 164 valence electrons. The molecule has 0 spiro atoms. The summed E-state index contributed by atoms with van der Waals surface area (Å²) >= 11 is 0. The molecule has 0 saturated heterocycles. The molecule has 9 heteroatoms. The van der Waals surface area contributed by atoms with Crippen LogP contribution in [0.4, 0.5) is 5.69 Å². The number of carboxylic acids is 1. The lowest BCUT2D eigenvalue weighted by molar-refractivity contribution is -0.136. The van der Waals surface area contributed by atoms with Crippen LogP contribution in [0.3, 0.4) is 0 Å². The molecule has 0 heterocycles. The Morgan fingerprint density at radius 1 is 0.969 bits per heavy atom. The molecule has 3 aromatic rings. The molecule has 0 radical (unpaired) electrons. The van der Waals surface area contributed by atoms with Crippen LogP contribution in [0.15, 0.2) is 65.6 Å². The maximum absolute atomic E-state index is 12.4. The van der Waals surface area contributed by atoms with Gasteiger partial charge in [0.1, 0.15) is 4.90 Å². The van der Waals surface area contributed by atoms with Gasteiger partial charge in [0, 0.05) is 5.56 Å². The summed E-state index contributed by atoms with van der Waals surface area (Å²) in [5.41, 5.74) is 13.7. The van der Waals surface area contributed by atoms with Crippen molar-refractivity contribution < 1.29 is 23.1 Å². The summed E-state index contributed by atoms with van der Waals surface area (Å²) in [6.45, 7) is 0. The van der Waals surface area contributed by atoms with Gasteiger partial charge in [-0.1, -0.05) is 66.7 Å². The summed E-state index contributed by atoms with van der Waals surface area (Å²) in [5.74, 6) is -1.96. The van der Waals surface area contributed by atoms with Gasteiger partial charge in [0.25, 0.3) is 5.91 Å². The number of amides is 1. The zero-order chi connectivity index (χ0) is 23.5. The first-order chi connectivity index (χ1) is 15.1. The van der Waals surface area contributed by atoms with Crippen LogP contribution in [0.25, 0.3) is 23.3 Å². The quantitative estimate of drug-likeness (QED) is 0.318. The van der Waals surface area contributed by atoms with E-state index in [1.54, 1.807) is 54.6 Å². The van der Waals surface area contributed by atoms with Crippen LogP contribution in [-0.4, -0.2) is 25.4 Å². The third-order valence-corrected chi connectivity index (χ3v) is 5.76. The molecular formula is C23H21N3O5S. The summed E-state index contributed by atoms with van der Waals surface area (Å²) in [4.78, 5) is 22.5. The van der Waals surface area contributed by atoms with E-state index < -0.39 is 26.8 Å². The number of hydrogen-bond acceptors (Lipinski definition) is 5. The Balaban J connectivity index is 2.19. The lowest BCUT2D eigenvalue weighted by Gasteiger charge is -2.16. The van der Waals surface area contributed by atoms with Crippen molar-refractivity contribution in [2.75, 3.05) is 5.73 Å². The van der Waals surface area contributed by atoms with Gasteiger partial charge in [-0.3, -0.25) is 9.59 Å². The van der Waals surface area contributed by atoms with Gasteiger partial charge < -0.3 is 16.6 Å². The topological polar surface area (TPSA) is 167 Å². The van der Waals surface area contributed by atoms with E-state index in [9.17, 15) is 18.0 Å². The van der Waals surface area contributed by atoms with Crippen LogP contribution in [-0.2, 0) is 21.2 Å². The zero-order valence-corrected chi connectivity index (χ0v) is 17.7. The predicted molar refractivity (Wildman–Crippen MR) is 123 cm³/mol. The van der Waals surface area contributed by atoms with Gasteiger partial charge in [-0.25, -0.2) is 13.6 Å². The molecule has 0 aliphatic heterocycles. The third-order valence-electron chi connectivity index (χ3n) is 4.75. The Kier molecular flexibility index (Phi) is 6.42. The first-order valence-corrected chi connectivity index (χ1v) is 11.0. The molecule has 3 aromatic carbocycles. The molecule has 0 aromatic heterocycles. The van der Waals surface area contributed by atoms with Gasteiger partial charge in [-0.15, -0.1) is 0 Å². The van der Waals surface area contributed by atoms with Gasteiger partial charge in [0.2, 0.25) is 10.0 Å². The first-order valence-electron chi connectivity index (χ1n) is 9.41. The van der Waals surface area contributed by atoms with E-state index in [-0.39, 0.29) is 23.2 Å². The Morgan fingerprint density at radius 3 is 2.12 bits per heavy atom. The molecule has 0 aliphatic rings. The zero-order valence-electron chi connectivity index (χ0n) is 16.9. The highest BCUT2D eigenvalue weighted by atomic mass is 32.2. The largest absolute Gasteiger partial charge is 0.481 e. The SMILES string of the molecule is NC(=O)c1c(N)c(-c2ccccc2)cc(C=Cc2ccc(CC(=O)O)cc2)c1S(N)(=O)=O. The molecule has 0 saturated carbocycles. The maximum atomic E-state index is 12.4. The normalized spacial score (nSPS) is 11.5. The number of nitrogens with two attached hydrogens (primary N) is 3. The van der Waals surface area contributed by atoms with Crippen LogP contribution < -0.4 is 16.6 Å². The average Bonchev–Trinajstić information content (AvgIpc) is 2.72. The first kappa shape index (κ1) is 22.7. The Morgan fingerprint density at radius 2 is 1.59 bits per heavy atom. The highest BCUT2D eigenvalue weighted by Crippen LogP contribution is 2.36. The monoisotopic (exact) mass is 451 g/mol. The van der Waals surface area contributed by atoms with Crippen molar-refractivity contribution in [2.24, 2.45) is 10.9 Å². The number of aliphatic carboxylic acids is 1. The number of primary amides is 1. The van der Waals surface area contributed by atoms with Crippen LogP contribution in [0.2, 0.25) is 0 Å². The molecular weight excluding hydrogens is 430 g/mol. The minimum absolute atomic E-state index is 0.0806. The Bertz CT molecular complexity index is 1320. The van der Waals surface area contributed by atoms with Crippen molar-refractivity contribution in [1.29, 1.82) is 0 Å². The van der Waals surface area contributed by atoms with Crippen molar-refractivity contribution in [3.63, 3.8) is 0 Å². The molecule has 8 nitrogen and oxygen atoms in total. The third kappa shape index (κ3) is 5.02. The summed E-state index contributed by atoms with van der Waals surface area (Å²) in [5, 5.41) is 14.3. The number of carbonyl (C=O) groups excluding carboxylic acids is 1. The fourth-order valence-corrected chi connectivity index (χ4v) is 4.29. The van der Waals surface area contributed by atoms with E-state index in [0.29, 0.717) is 22.3 Å². The summed E-state index contributed by atoms with van der Waals surface area (Å²) in [6, 6.07) is 17.1. The van der Waals surface area contributed by atoms with Gasteiger partial charge in [-0.05, 0) is 28.3 Å². The summed E-state index contributed by atoms with van der Waals surface area (Å²) in [6.07, 6.45) is 2.99. The number of anilines is 1. The second-order valence-corrected chi connectivity index (χ2v) is 8.55. The van der Waals surface area contributed by atoms with E-state index in [4.69, 9.17) is 21.7 Å². The van der Waals surface area contributed by atoms with Gasteiger partial charge in [0.05, 0.1) is 17.7 Å². The van der Waals surface area contributed by atoms with Crippen LogP contribution in [0, 0.1) is 0 Å². The minimum Gasteiger partial charge on any atom is -0.481 e. The second kappa shape index (κ2) is 9.04.